The van der Waals surface area contributed by atoms with Crippen LogP contribution >= 0.6 is 0 Å². The summed E-state index contributed by atoms with van der Waals surface area (Å²) < 4.78 is 0. The molecular formula is C9H19N3. The lowest BCUT2D eigenvalue weighted by Gasteiger charge is -2.37. The van der Waals surface area contributed by atoms with Gasteiger partial charge in [-0.25, -0.2) is 0 Å². The molecule has 2 fully saturated rings. The van der Waals surface area contributed by atoms with Crippen LogP contribution in [0.25, 0.3) is 0 Å². The zero-order chi connectivity index (χ0) is 8.39. The van der Waals surface area contributed by atoms with E-state index in [0.717, 1.165) is 19.1 Å². The molecule has 2 rings (SSSR count). The molecule has 2 saturated heterocycles. The van der Waals surface area contributed by atoms with Crippen molar-refractivity contribution >= 4 is 0 Å². The fraction of sp³-hybridized carbons (Fsp3) is 1.00. The molecule has 3 nitrogen and oxygen atoms in total. The standard InChI is InChI=1S/C9H19N3/c10-3-5-11-6-7-12-4-1-2-9(12)8-11/h9H,1-8,10H2. The van der Waals surface area contributed by atoms with E-state index in [2.05, 4.69) is 9.80 Å². The molecule has 1 atom stereocenters. The van der Waals surface area contributed by atoms with Crippen LogP contribution in [0.2, 0.25) is 0 Å². The van der Waals surface area contributed by atoms with Gasteiger partial charge < -0.3 is 5.73 Å². The lowest BCUT2D eigenvalue weighted by atomic mass is 10.1. The first kappa shape index (κ1) is 8.48. The second kappa shape index (κ2) is 3.73. The molecule has 2 N–H and O–H groups in total. The van der Waals surface area contributed by atoms with Gasteiger partial charge in [0.1, 0.15) is 0 Å². The highest BCUT2D eigenvalue weighted by molar-refractivity contribution is 4.86. The van der Waals surface area contributed by atoms with E-state index in [4.69, 9.17) is 5.73 Å². The van der Waals surface area contributed by atoms with E-state index in [1.54, 1.807) is 0 Å². The molecular weight excluding hydrogens is 150 g/mol. The van der Waals surface area contributed by atoms with E-state index in [-0.39, 0.29) is 0 Å². The van der Waals surface area contributed by atoms with Gasteiger partial charge in [0.25, 0.3) is 0 Å². The Morgan fingerprint density at radius 1 is 1.25 bits per heavy atom. The maximum Gasteiger partial charge on any atom is 0.0224 e. The van der Waals surface area contributed by atoms with Crippen LogP contribution in [0.4, 0.5) is 0 Å². The summed E-state index contributed by atoms with van der Waals surface area (Å²) in [7, 11) is 0. The summed E-state index contributed by atoms with van der Waals surface area (Å²) >= 11 is 0. The predicted molar refractivity (Wildman–Crippen MR) is 50.1 cm³/mol. The second-order valence-corrected chi connectivity index (χ2v) is 3.92. The largest absolute Gasteiger partial charge is 0.329 e. The summed E-state index contributed by atoms with van der Waals surface area (Å²) in [5, 5.41) is 0. The molecule has 0 aromatic heterocycles. The van der Waals surface area contributed by atoms with Crippen molar-refractivity contribution in [3.05, 3.63) is 0 Å². The normalized spacial score (nSPS) is 32.2. The van der Waals surface area contributed by atoms with Crippen LogP contribution in [0.5, 0.6) is 0 Å². The van der Waals surface area contributed by atoms with Gasteiger partial charge in [0, 0.05) is 38.8 Å². The van der Waals surface area contributed by atoms with Crippen molar-refractivity contribution in [3.63, 3.8) is 0 Å². The Labute approximate surface area is 74.5 Å². The lowest BCUT2D eigenvalue weighted by molar-refractivity contribution is 0.107. The van der Waals surface area contributed by atoms with E-state index in [1.165, 1.54) is 39.0 Å². The van der Waals surface area contributed by atoms with Gasteiger partial charge in [-0.05, 0) is 19.4 Å². The van der Waals surface area contributed by atoms with Crippen molar-refractivity contribution in [2.45, 2.75) is 18.9 Å². The topological polar surface area (TPSA) is 32.5 Å². The molecule has 0 aromatic carbocycles. The second-order valence-electron chi connectivity index (χ2n) is 3.92. The Balaban J connectivity index is 1.84. The lowest BCUT2D eigenvalue weighted by Crippen LogP contribution is -2.51. The van der Waals surface area contributed by atoms with Gasteiger partial charge in [0.05, 0.1) is 0 Å². The highest BCUT2D eigenvalue weighted by Gasteiger charge is 2.29. The number of rotatable bonds is 2. The minimum atomic E-state index is 0.812. The monoisotopic (exact) mass is 169 g/mol. The van der Waals surface area contributed by atoms with Gasteiger partial charge >= 0.3 is 0 Å². The van der Waals surface area contributed by atoms with E-state index >= 15 is 0 Å². The Kier molecular flexibility index (Phi) is 2.63. The fourth-order valence-electron chi connectivity index (χ4n) is 2.44. The minimum absolute atomic E-state index is 0.812. The first-order valence-corrected chi connectivity index (χ1v) is 5.06. The van der Waals surface area contributed by atoms with E-state index < -0.39 is 0 Å². The van der Waals surface area contributed by atoms with Crippen molar-refractivity contribution < 1.29 is 0 Å². The van der Waals surface area contributed by atoms with Crippen LogP contribution < -0.4 is 5.73 Å². The van der Waals surface area contributed by atoms with Crippen LogP contribution in [0, 0.1) is 0 Å². The number of fused-ring (bicyclic) bond motifs is 1. The zero-order valence-electron chi connectivity index (χ0n) is 7.71. The van der Waals surface area contributed by atoms with Crippen LogP contribution in [0.15, 0.2) is 0 Å². The summed E-state index contributed by atoms with van der Waals surface area (Å²) in [4.78, 5) is 5.14. The molecule has 0 radical (unpaired) electrons. The molecule has 2 aliphatic rings. The summed E-state index contributed by atoms with van der Waals surface area (Å²) in [6, 6.07) is 0.852. The van der Waals surface area contributed by atoms with Crippen LogP contribution in [-0.2, 0) is 0 Å². The first-order chi connectivity index (χ1) is 5.90. The van der Waals surface area contributed by atoms with Crippen molar-refractivity contribution in [1.82, 2.24) is 9.80 Å². The van der Waals surface area contributed by atoms with Crippen LogP contribution in [0.3, 0.4) is 0 Å². The summed E-state index contributed by atoms with van der Waals surface area (Å²) in [6.45, 7) is 6.99. The van der Waals surface area contributed by atoms with Gasteiger partial charge in [0.15, 0.2) is 0 Å². The third-order valence-electron chi connectivity index (χ3n) is 3.12. The smallest absolute Gasteiger partial charge is 0.0224 e. The maximum absolute atomic E-state index is 5.54. The SMILES string of the molecule is NCCN1CCN2CCCC2C1. The maximum atomic E-state index is 5.54. The zero-order valence-corrected chi connectivity index (χ0v) is 7.71. The Morgan fingerprint density at radius 2 is 2.17 bits per heavy atom. The molecule has 0 saturated carbocycles. The van der Waals surface area contributed by atoms with Crippen LogP contribution in [-0.4, -0.2) is 55.1 Å². The van der Waals surface area contributed by atoms with Crippen LogP contribution in [0.1, 0.15) is 12.8 Å². The van der Waals surface area contributed by atoms with Gasteiger partial charge in [-0.3, -0.25) is 9.80 Å². The van der Waals surface area contributed by atoms with E-state index in [0.29, 0.717) is 0 Å². The number of hydrogen-bond donors (Lipinski definition) is 1. The van der Waals surface area contributed by atoms with Crippen molar-refractivity contribution in [2.75, 3.05) is 39.3 Å². The molecule has 2 heterocycles. The Morgan fingerprint density at radius 3 is 3.00 bits per heavy atom. The minimum Gasteiger partial charge on any atom is -0.329 e. The van der Waals surface area contributed by atoms with Gasteiger partial charge in [-0.1, -0.05) is 0 Å². The Bertz CT molecular complexity index is 149. The van der Waals surface area contributed by atoms with Gasteiger partial charge in [0.2, 0.25) is 0 Å². The van der Waals surface area contributed by atoms with E-state index in [1.807, 2.05) is 0 Å². The molecule has 0 aliphatic carbocycles. The molecule has 0 spiro atoms. The predicted octanol–water partition coefficient (Wildman–Crippen LogP) is -0.275. The average Bonchev–Trinajstić information content (AvgIpc) is 2.51. The van der Waals surface area contributed by atoms with E-state index in [9.17, 15) is 0 Å². The molecule has 0 aromatic rings. The van der Waals surface area contributed by atoms with Crippen molar-refractivity contribution in [1.29, 1.82) is 0 Å². The third kappa shape index (κ3) is 1.63. The number of hydrogen-bond acceptors (Lipinski definition) is 3. The molecule has 1 unspecified atom stereocenters. The van der Waals surface area contributed by atoms with Crippen molar-refractivity contribution in [2.24, 2.45) is 5.73 Å². The fourth-order valence-corrected chi connectivity index (χ4v) is 2.44. The molecule has 3 heteroatoms. The molecule has 0 bridgehead atoms. The summed E-state index contributed by atoms with van der Waals surface area (Å²) in [5.74, 6) is 0. The Hall–Kier alpha value is -0.120. The highest BCUT2D eigenvalue weighted by atomic mass is 15.3. The quantitative estimate of drug-likeness (QED) is 0.617. The number of nitrogens with zero attached hydrogens (tertiary/aromatic N) is 2. The average molecular weight is 169 g/mol. The number of piperazine rings is 1. The van der Waals surface area contributed by atoms with Gasteiger partial charge in [-0.2, -0.15) is 0 Å². The molecule has 0 amide bonds. The number of nitrogens with two attached hydrogens (primary N) is 1. The summed E-state index contributed by atoms with van der Waals surface area (Å²) in [5.41, 5.74) is 5.54. The van der Waals surface area contributed by atoms with Crippen molar-refractivity contribution in [3.8, 4) is 0 Å². The third-order valence-corrected chi connectivity index (χ3v) is 3.12. The summed E-state index contributed by atoms with van der Waals surface area (Å²) in [6.07, 6.45) is 2.81. The highest BCUT2D eigenvalue weighted by Crippen LogP contribution is 2.20. The molecule has 12 heavy (non-hydrogen) atoms. The first-order valence-electron chi connectivity index (χ1n) is 5.06. The molecule has 70 valence electrons. The molecule has 2 aliphatic heterocycles. The van der Waals surface area contributed by atoms with Gasteiger partial charge in [-0.15, -0.1) is 0 Å².